The predicted octanol–water partition coefficient (Wildman–Crippen LogP) is 1.54. The second-order valence-corrected chi connectivity index (χ2v) is 15.9. The third-order valence-electron chi connectivity index (χ3n) is 0.924. The van der Waals surface area contributed by atoms with E-state index >= 15 is 0 Å². The molecule has 66 valence electrons. The normalized spacial score (nSPS) is 16.9. The molecule has 0 aliphatic rings. The molecule has 0 N–H and O–H groups in total. The van der Waals surface area contributed by atoms with Crippen LogP contribution in [0.25, 0.3) is 0 Å². The lowest BCUT2D eigenvalue weighted by molar-refractivity contribution is 0.401. The molecule has 0 atom stereocenters. The summed E-state index contributed by atoms with van der Waals surface area (Å²) in [6, 6.07) is 0. The first kappa shape index (κ1) is 10.5. The third kappa shape index (κ3) is 8.53. The summed E-state index contributed by atoms with van der Waals surface area (Å²) in [4.78, 5) is 0. The van der Waals surface area contributed by atoms with Gasteiger partial charge in [0.15, 0.2) is 9.04 Å². The predicted molar refractivity (Wildman–Crippen MR) is 57.5 cm³/mol. The van der Waals surface area contributed by atoms with Crippen LogP contribution in [0.15, 0.2) is 0 Å². The molecule has 0 heterocycles. The average molecular weight is 182 g/mol. The smallest absolute Gasteiger partial charge is 0.171 e. The van der Waals surface area contributed by atoms with Gasteiger partial charge >= 0.3 is 0 Å². The zero-order valence-electron chi connectivity index (χ0n) is 8.14. The Hall–Kier alpha value is 0.527. The Morgan fingerprint density at radius 1 is 1.10 bits per heavy atom. The lowest BCUT2D eigenvalue weighted by Crippen LogP contribution is -2.21. The van der Waals surface area contributed by atoms with Crippen molar-refractivity contribution in [2.24, 2.45) is 0 Å². The van der Waals surface area contributed by atoms with Crippen LogP contribution in [0.1, 0.15) is 0 Å². The summed E-state index contributed by atoms with van der Waals surface area (Å²) in [5.74, 6) is 1.01. The van der Waals surface area contributed by atoms with Gasteiger partial charge in [-0.15, -0.1) is 0 Å². The Bertz CT molecular complexity index is 105. The van der Waals surface area contributed by atoms with Crippen molar-refractivity contribution < 1.29 is 4.43 Å². The Morgan fingerprint density at radius 3 is 1.60 bits per heavy atom. The van der Waals surface area contributed by atoms with E-state index in [1.807, 2.05) is 0 Å². The van der Waals surface area contributed by atoms with E-state index in [0.717, 1.165) is 5.94 Å². The molecule has 0 amide bonds. The molecule has 0 radical (unpaired) electrons. The van der Waals surface area contributed by atoms with Crippen LogP contribution < -0.4 is 0 Å². The molecule has 3 heteroatoms. The zero-order valence-corrected chi connectivity index (χ0v) is 10.2. The van der Waals surface area contributed by atoms with Crippen LogP contribution in [0.2, 0.25) is 13.1 Å². The Balaban J connectivity index is 3.70. The topological polar surface area (TPSA) is 9.23 Å². The van der Waals surface area contributed by atoms with Crippen molar-refractivity contribution >= 4 is 18.2 Å². The molecule has 0 unspecified atom stereocenters. The molecule has 0 aromatic heterocycles. The minimum absolute atomic E-state index is 0.781. The van der Waals surface area contributed by atoms with Crippen molar-refractivity contribution in [3.05, 3.63) is 0 Å². The highest BCUT2D eigenvalue weighted by Crippen LogP contribution is 2.55. The van der Waals surface area contributed by atoms with E-state index in [1.54, 1.807) is 0 Å². The van der Waals surface area contributed by atoms with Crippen LogP contribution in [-0.4, -0.2) is 40.0 Å². The second-order valence-electron chi connectivity index (χ2n) is 5.29. The van der Waals surface area contributed by atoms with Gasteiger partial charge in [0.1, 0.15) is 0 Å². The van der Waals surface area contributed by atoms with Gasteiger partial charge in [0, 0.05) is 0 Å². The molecule has 0 spiro atoms. The first-order valence-corrected chi connectivity index (χ1v) is 10.8. The van der Waals surface area contributed by atoms with E-state index < -0.39 is 18.2 Å². The van der Waals surface area contributed by atoms with E-state index in [0.29, 0.717) is 0 Å². The van der Waals surface area contributed by atoms with Gasteiger partial charge < -0.3 is 4.43 Å². The first-order valence-electron chi connectivity index (χ1n) is 3.78. The van der Waals surface area contributed by atoms with Crippen LogP contribution in [0, 0.1) is 0 Å². The molecule has 0 aliphatic heterocycles. The minimum Gasteiger partial charge on any atom is -0.414 e. The Labute approximate surface area is 67.2 Å². The van der Waals surface area contributed by atoms with Gasteiger partial charge in [-0.3, -0.25) is 9.16 Å². The number of hydrogen-bond acceptors (Lipinski definition) is 1. The van der Waals surface area contributed by atoms with Gasteiger partial charge in [-0.1, -0.05) is 0 Å². The average Bonchev–Trinajstić information content (AvgIpc) is 1.57. The number of thiol groups is 1. The number of rotatable bonds is 3. The van der Waals surface area contributed by atoms with Gasteiger partial charge in [-0.2, -0.15) is 0 Å². The zero-order chi connectivity index (χ0) is 8.44. The molecule has 0 bridgehead atoms. The Morgan fingerprint density at radius 2 is 1.50 bits per heavy atom. The van der Waals surface area contributed by atoms with Crippen molar-refractivity contribution in [1.82, 2.24) is 0 Å². The summed E-state index contributed by atoms with van der Waals surface area (Å²) in [7, 11) is -2.14. The highest BCUT2D eigenvalue weighted by atomic mass is 32.3. The van der Waals surface area contributed by atoms with Crippen LogP contribution in [-0.2, 0) is 4.43 Å². The fraction of sp³-hybridized carbons (Fsp3) is 1.00. The molecule has 0 saturated carbocycles. The molecule has 0 aliphatic carbocycles. The van der Waals surface area contributed by atoms with Crippen LogP contribution in [0.3, 0.4) is 0 Å². The van der Waals surface area contributed by atoms with E-state index in [-0.39, 0.29) is 0 Å². The van der Waals surface area contributed by atoms with Crippen LogP contribution in [0.4, 0.5) is 0 Å². The molecule has 10 heavy (non-hydrogen) atoms. The van der Waals surface area contributed by atoms with E-state index in [1.165, 1.54) is 0 Å². The van der Waals surface area contributed by atoms with Gasteiger partial charge in [0.05, 0.1) is 5.94 Å². The molecule has 0 aromatic carbocycles. The summed E-state index contributed by atoms with van der Waals surface area (Å²) in [5, 5.41) is 0. The van der Waals surface area contributed by atoms with Crippen molar-refractivity contribution in [3.63, 3.8) is 0 Å². The fourth-order valence-electron chi connectivity index (χ4n) is 0.447. The lowest BCUT2D eigenvalue weighted by Gasteiger charge is -2.46. The van der Waals surface area contributed by atoms with Gasteiger partial charge in [0.25, 0.3) is 0 Å². The molecule has 0 saturated heterocycles. The van der Waals surface area contributed by atoms with Gasteiger partial charge in [0.2, 0.25) is 0 Å². The van der Waals surface area contributed by atoms with E-state index in [4.69, 9.17) is 4.43 Å². The standard InChI is InChI=1S/C7H22OSSi/c1-9(2,3,4)7-8-10(5)6/h9-10H,7H2,1-6H3. The molecular formula is C7H22OSSi. The molecule has 0 rings (SSSR count). The maximum Gasteiger partial charge on any atom is 0.171 e. The molecule has 0 fully saturated rings. The van der Waals surface area contributed by atoms with Crippen molar-refractivity contribution in [1.29, 1.82) is 0 Å². The van der Waals surface area contributed by atoms with Crippen LogP contribution >= 0.6 is 9.16 Å². The molecule has 1 nitrogen and oxygen atoms in total. The quantitative estimate of drug-likeness (QED) is 0.514. The minimum atomic E-state index is -1.36. The van der Waals surface area contributed by atoms with Crippen molar-refractivity contribution in [2.75, 3.05) is 31.0 Å². The largest absolute Gasteiger partial charge is 0.414 e. The highest BCUT2D eigenvalue weighted by Gasteiger charge is 2.18. The Kier molecular flexibility index (Phi) is 3.02. The van der Waals surface area contributed by atoms with E-state index in [2.05, 4.69) is 38.1 Å². The summed E-state index contributed by atoms with van der Waals surface area (Å²) in [6.07, 6.45) is 9.40. The first-order chi connectivity index (χ1) is 4.17. The van der Waals surface area contributed by atoms with E-state index in [9.17, 15) is 0 Å². The SMILES string of the molecule is C[SiH](C)OC[SH](C)(C)(C)C. The third-order valence-corrected chi connectivity index (χ3v) is 3.22. The maximum atomic E-state index is 5.71. The summed E-state index contributed by atoms with van der Waals surface area (Å²) < 4.78 is 5.71. The van der Waals surface area contributed by atoms with Crippen molar-refractivity contribution in [3.8, 4) is 0 Å². The highest BCUT2D eigenvalue weighted by molar-refractivity contribution is 8.47. The van der Waals surface area contributed by atoms with Gasteiger partial charge in [-0.25, -0.2) is 0 Å². The summed E-state index contributed by atoms with van der Waals surface area (Å²) in [5.41, 5.74) is 0. The van der Waals surface area contributed by atoms with Gasteiger partial charge in [-0.05, 0) is 38.1 Å². The molecular weight excluding hydrogens is 160 g/mol. The summed E-state index contributed by atoms with van der Waals surface area (Å²) in [6.45, 7) is 4.45. The van der Waals surface area contributed by atoms with Crippen LogP contribution in [0.5, 0.6) is 0 Å². The van der Waals surface area contributed by atoms with Crippen molar-refractivity contribution in [2.45, 2.75) is 13.1 Å². The maximum absolute atomic E-state index is 5.71. The number of hydrogen-bond donors (Lipinski definition) is 1. The summed E-state index contributed by atoms with van der Waals surface area (Å²) >= 11 is 0. The monoisotopic (exact) mass is 182 g/mol. The fourth-order valence-corrected chi connectivity index (χ4v) is 4.02. The molecule has 0 aromatic rings. The lowest BCUT2D eigenvalue weighted by atomic mass is 11.7. The second kappa shape index (κ2) is 2.87.